The van der Waals surface area contributed by atoms with Crippen LogP contribution in [0.5, 0.6) is 0 Å². The van der Waals surface area contributed by atoms with Crippen molar-refractivity contribution in [1.29, 1.82) is 5.26 Å². The highest BCUT2D eigenvalue weighted by atomic mass is 19.1. The molecule has 30 heavy (non-hydrogen) atoms. The Morgan fingerprint density at radius 1 is 1.10 bits per heavy atom. The molecule has 0 N–H and O–H groups in total. The maximum absolute atomic E-state index is 14.7. The highest BCUT2D eigenvalue weighted by Crippen LogP contribution is 2.40. The zero-order valence-corrected chi connectivity index (χ0v) is 17.9. The number of allylic oxidation sites excluding steroid dienone is 2. The van der Waals surface area contributed by atoms with E-state index >= 15 is 0 Å². The van der Waals surface area contributed by atoms with Crippen LogP contribution in [0.4, 0.5) is 4.39 Å². The largest absolute Gasteiger partial charge is 0.361 e. The SMILES string of the molecule is CCc1cc2c(cc1F)c(C#N)c(C1C=CC=CN1C(C)(C)C)n2-c1ccccc1. The van der Waals surface area contributed by atoms with E-state index in [1.54, 1.807) is 0 Å². The lowest BCUT2D eigenvalue weighted by atomic mass is 9.97. The average Bonchev–Trinajstić information content (AvgIpc) is 3.06. The Kier molecular flexibility index (Phi) is 4.99. The molecule has 1 unspecified atom stereocenters. The van der Waals surface area contributed by atoms with Gasteiger partial charge in [-0.3, -0.25) is 0 Å². The molecule has 4 rings (SSSR count). The summed E-state index contributed by atoms with van der Waals surface area (Å²) in [5, 5.41) is 10.8. The molecule has 0 saturated carbocycles. The molecule has 3 nitrogen and oxygen atoms in total. The first-order chi connectivity index (χ1) is 14.4. The number of hydrogen-bond donors (Lipinski definition) is 0. The fourth-order valence-electron chi connectivity index (χ4n) is 4.25. The van der Waals surface area contributed by atoms with Gasteiger partial charge >= 0.3 is 0 Å². The van der Waals surface area contributed by atoms with Crippen LogP contribution in [0.25, 0.3) is 16.6 Å². The van der Waals surface area contributed by atoms with Gasteiger partial charge in [0.25, 0.3) is 0 Å². The van der Waals surface area contributed by atoms with Gasteiger partial charge in [0.2, 0.25) is 0 Å². The van der Waals surface area contributed by atoms with Gasteiger partial charge in [0.05, 0.1) is 22.8 Å². The second-order valence-corrected chi connectivity index (χ2v) is 8.61. The number of rotatable bonds is 3. The Hall–Kier alpha value is -3.32. The van der Waals surface area contributed by atoms with E-state index in [1.807, 2.05) is 55.5 Å². The van der Waals surface area contributed by atoms with Gasteiger partial charge < -0.3 is 9.47 Å². The predicted molar refractivity (Wildman–Crippen MR) is 120 cm³/mol. The number of aromatic nitrogens is 1. The lowest BCUT2D eigenvalue weighted by molar-refractivity contribution is 0.165. The number of hydrogen-bond acceptors (Lipinski definition) is 2. The van der Waals surface area contributed by atoms with Crippen LogP contribution in [0, 0.1) is 17.1 Å². The molecule has 3 aromatic rings. The van der Waals surface area contributed by atoms with Gasteiger partial charge in [-0.25, -0.2) is 4.39 Å². The molecule has 0 fully saturated rings. The Labute approximate surface area is 177 Å². The highest BCUT2D eigenvalue weighted by molar-refractivity contribution is 5.91. The Balaban J connectivity index is 2.12. The Bertz CT molecular complexity index is 1190. The van der Waals surface area contributed by atoms with E-state index in [0.717, 1.165) is 16.9 Å². The summed E-state index contributed by atoms with van der Waals surface area (Å²) in [7, 11) is 0. The zero-order valence-electron chi connectivity index (χ0n) is 17.9. The summed E-state index contributed by atoms with van der Waals surface area (Å²) in [6, 6.07) is 15.7. The van der Waals surface area contributed by atoms with Crippen molar-refractivity contribution in [2.45, 2.75) is 45.7 Å². The van der Waals surface area contributed by atoms with Crippen molar-refractivity contribution in [3.63, 3.8) is 0 Å². The molecule has 1 aliphatic heterocycles. The average molecular weight is 400 g/mol. The van der Waals surface area contributed by atoms with Gasteiger partial charge in [0.1, 0.15) is 11.9 Å². The van der Waals surface area contributed by atoms with Gasteiger partial charge in [-0.15, -0.1) is 0 Å². The molecule has 4 heteroatoms. The minimum absolute atomic E-state index is 0.148. The van der Waals surface area contributed by atoms with Crippen molar-refractivity contribution in [2.24, 2.45) is 0 Å². The van der Waals surface area contributed by atoms with E-state index in [2.05, 4.69) is 48.6 Å². The third kappa shape index (κ3) is 3.21. The summed E-state index contributed by atoms with van der Waals surface area (Å²) in [6.45, 7) is 8.40. The van der Waals surface area contributed by atoms with Crippen molar-refractivity contribution < 1.29 is 4.39 Å². The first kappa shape index (κ1) is 20.0. The summed E-state index contributed by atoms with van der Waals surface area (Å²) in [4.78, 5) is 2.25. The van der Waals surface area contributed by atoms with E-state index in [4.69, 9.17) is 0 Å². The predicted octanol–water partition coefficient (Wildman–Crippen LogP) is 6.43. The number of nitriles is 1. The quantitative estimate of drug-likeness (QED) is 0.508. The number of aryl methyl sites for hydroxylation is 1. The van der Waals surface area contributed by atoms with Crippen LogP contribution < -0.4 is 0 Å². The lowest BCUT2D eigenvalue weighted by Crippen LogP contribution is -2.41. The third-order valence-corrected chi connectivity index (χ3v) is 5.68. The summed E-state index contributed by atoms with van der Waals surface area (Å²) >= 11 is 0. The molecule has 1 atom stereocenters. The lowest BCUT2D eigenvalue weighted by Gasteiger charge is -2.41. The van der Waals surface area contributed by atoms with E-state index in [9.17, 15) is 9.65 Å². The first-order valence-corrected chi connectivity index (χ1v) is 10.3. The van der Waals surface area contributed by atoms with Crippen molar-refractivity contribution >= 4 is 10.9 Å². The molecule has 2 heterocycles. The van der Waals surface area contributed by atoms with Crippen LogP contribution in [-0.2, 0) is 6.42 Å². The van der Waals surface area contributed by atoms with E-state index in [1.165, 1.54) is 6.07 Å². The van der Waals surface area contributed by atoms with E-state index in [-0.39, 0.29) is 17.4 Å². The van der Waals surface area contributed by atoms with Crippen molar-refractivity contribution in [1.82, 2.24) is 9.47 Å². The van der Waals surface area contributed by atoms with Gasteiger partial charge in [0.15, 0.2) is 0 Å². The first-order valence-electron chi connectivity index (χ1n) is 10.3. The number of benzene rings is 2. The number of halogens is 1. The van der Waals surface area contributed by atoms with Crippen LogP contribution >= 0.6 is 0 Å². The van der Waals surface area contributed by atoms with Crippen LogP contribution in [0.15, 0.2) is 66.9 Å². The summed E-state index contributed by atoms with van der Waals surface area (Å²) in [5.74, 6) is -0.259. The molecule has 1 aliphatic rings. The summed E-state index contributed by atoms with van der Waals surface area (Å²) in [6.07, 6.45) is 8.80. The molecule has 1 aromatic heterocycles. The summed E-state index contributed by atoms with van der Waals surface area (Å²) < 4.78 is 16.9. The third-order valence-electron chi connectivity index (χ3n) is 5.68. The number of nitrogens with zero attached hydrogens (tertiary/aromatic N) is 3. The minimum Gasteiger partial charge on any atom is -0.361 e. The van der Waals surface area contributed by atoms with Crippen molar-refractivity contribution in [3.8, 4) is 11.8 Å². The number of fused-ring (bicyclic) bond motifs is 1. The van der Waals surface area contributed by atoms with E-state index in [0.29, 0.717) is 22.9 Å². The molecular weight excluding hydrogens is 373 g/mol. The second kappa shape index (κ2) is 7.50. The fourth-order valence-corrected chi connectivity index (χ4v) is 4.25. The molecule has 152 valence electrons. The molecular formula is C26H26FN3. The molecule has 2 aromatic carbocycles. The Morgan fingerprint density at radius 3 is 2.47 bits per heavy atom. The molecule has 0 saturated heterocycles. The smallest absolute Gasteiger partial charge is 0.127 e. The molecule has 0 spiro atoms. The van der Waals surface area contributed by atoms with Crippen LogP contribution in [0.3, 0.4) is 0 Å². The van der Waals surface area contributed by atoms with Gasteiger partial charge in [-0.1, -0.05) is 37.3 Å². The normalized spacial score (nSPS) is 16.3. The van der Waals surface area contributed by atoms with Gasteiger partial charge in [-0.05, 0) is 63.1 Å². The van der Waals surface area contributed by atoms with Gasteiger partial charge in [0, 0.05) is 22.8 Å². The molecule has 0 radical (unpaired) electrons. The van der Waals surface area contributed by atoms with E-state index < -0.39 is 0 Å². The minimum atomic E-state index is -0.259. The zero-order chi connectivity index (χ0) is 21.5. The number of para-hydroxylation sites is 1. The maximum atomic E-state index is 14.7. The monoisotopic (exact) mass is 399 g/mol. The Morgan fingerprint density at radius 2 is 1.83 bits per heavy atom. The van der Waals surface area contributed by atoms with Crippen molar-refractivity contribution in [2.75, 3.05) is 0 Å². The van der Waals surface area contributed by atoms with Crippen LogP contribution in [0.1, 0.15) is 50.6 Å². The highest BCUT2D eigenvalue weighted by Gasteiger charge is 2.33. The van der Waals surface area contributed by atoms with Crippen molar-refractivity contribution in [3.05, 3.63) is 89.5 Å². The maximum Gasteiger partial charge on any atom is 0.127 e. The molecule has 0 amide bonds. The standard InChI is InChI=1S/C26H26FN3/c1-5-18-15-24-20(16-22(18)27)21(17-28)25(30(24)19-11-7-6-8-12-19)23-13-9-10-14-29(23)26(2,3)4/h6-16,23H,5H2,1-4H3. The van der Waals surface area contributed by atoms with Crippen LogP contribution in [0.2, 0.25) is 0 Å². The topological polar surface area (TPSA) is 32.0 Å². The van der Waals surface area contributed by atoms with Gasteiger partial charge in [-0.2, -0.15) is 5.26 Å². The second-order valence-electron chi connectivity index (χ2n) is 8.61. The molecule has 0 aliphatic carbocycles. The summed E-state index contributed by atoms with van der Waals surface area (Å²) in [5.41, 5.74) is 3.71. The molecule has 0 bridgehead atoms. The fraction of sp³-hybridized carbons (Fsp3) is 0.269. The van der Waals surface area contributed by atoms with Crippen LogP contribution in [-0.4, -0.2) is 15.0 Å².